The lowest BCUT2D eigenvalue weighted by Gasteiger charge is -2.12. The van der Waals surface area contributed by atoms with Crippen molar-refractivity contribution in [3.05, 3.63) is 51.6 Å². The van der Waals surface area contributed by atoms with Crippen molar-refractivity contribution in [1.82, 2.24) is 9.97 Å². The maximum absolute atomic E-state index is 13.0. The summed E-state index contributed by atoms with van der Waals surface area (Å²) in [5, 5.41) is 3.31. The Labute approximate surface area is 133 Å². The summed E-state index contributed by atoms with van der Waals surface area (Å²) in [7, 11) is 0. The van der Waals surface area contributed by atoms with E-state index < -0.39 is 0 Å². The molecule has 0 aliphatic heterocycles. The first-order valence-corrected chi connectivity index (χ1v) is 7.97. The molecule has 0 radical (unpaired) electrons. The summed E-state index contributed by atoms with van der Waals surface area (Å²) >= 11 is 3.56. The molecule has 0 saturated carbocycles. The van der Waals surface area contributed by atoms with Crippen LogP contribution in [0.15, 0.2) is 28.7 Å². The van der Waals surface area contributed by atoms with Gasteiger partial charge in [0.25, 0.3) is 0 Å². The van der Waals surface area contributed by atoms with Crippen LogP contribution < -0.4 is 5.32 Å². The molecular weight excluding hydrogens is 333 g/mol. The molecule has 1 aromatic heterocycles. The maximum atomic E-state index is 13.0. The predicted octanol–water partition coefficient (Wildman–Crippen LogP) is 4.35. The topological polar surface area (TPSA) is 37.8 Å². The van der Waals surface area contributed by atoms with Gasteiger partial charge in [0.1, 0.15) is 17.5 Å². The minimum atomic E-state index is -0.227. The number of rotatable bonds is 6. The fourth-order valence-electron chi connectivity index (χ4n) is 2.00. The van der Waals surface area contributed by atoms with Crippen LogP contribution in [0.4, 0.5) is 10.2 Å². The molecule has 1 aromatic carbocycles. The molecular formula is C16H19BrFN3. The first-order valence-electron chi connectivity index (χ1n) is 7.17. The van der Waals surface area contributed by atoms with Crippen LogP contribution in [0.2, 0.25) is 0 Å². The summed E-state index contributed by atoms with van der Waals surface area (Å²) in [6.07, 6.45) is 2.47. The molecule has 0 unspecified atom stereocenters. The molecule has 0 aliphatic rings. The van der Waals surface area contributed by atoms with E-state index in [1.54, 1.807) is 12.1 Å². The van der Waals surface area contributed by atoms with Gasteiger partial charge < -0.3 is 5.32 Å². The summed E-state index contributed by atoms with van der Waals surface area (Å²) in [6.45, 7) is 5.05. The molecule has 0 fully saturated rings. The highest BCUT2D eigenvalue weighted by Crippen LogP contribution is 2.25. The van der Waals surface area contributed by atoms with Crippen molar-refractivity contribution in [2.45, 2.75) is 33.1 Å². The molecule has 0 aliphatic carbocycles. The Morgan fingerprint density at radius 2 is 1.86 bits per heavy atom. The van der Waals surface area contributed by atoms with Gasteiger partial charge in [-0.25, -0.2) is 14.4 Å². The van der Waals surface area contributed by atoms with Crippen LogP contribution in [0, 0.1) is 5.82 Å². The Balaban J connectivity index is 2.27. The molecule has 2 aromatic rings. The van der Waals surface area contributed by atoms with Gasteiger partial charge in [0.05, 0.1) is 10.2 Å². The number of nitrogens with zero attached hydrogens (tertiary/aromatic N) is 2. The normalized spacial score (nSPS) is 10.7. The van der Waals surface area contributed by atoms with Crippen LogP contribution in [-0.2, 0) is 12.8 Å². The predicted molar refractivity (Wildman–Crippen MR) is 87.1 cm³/mol. The van der Waals surface area contributed by atoms with Gasteiger partial charge in [0.2, 0.25) is 0 Å². The van der Waals surface area contributed by atoms with Crippen LogP contribution in [-0.4, -0.2) is 16.5 Å². The van der Waals surface area contributed by atoms with E-state index in [2.05, 4.69) is 45.1 Å². The van der Waals surface area contributed by atoms with E-state index in [9.17, 15) is 4.39 Å². The molecule has 112 valence electrons. The second-order valence-electron chi connectivity index (χ2n) is 4.83. The molecule has 5 heteroatoms. The van der Waals surface area contributed by atoms with Gasteiger partial charge >= 0.3 is 0 Å². The fourth-order valence-corrected chi connectivity index (χ4v) is 2.60. The van der Waals surface area contributed by atoms with Crippen LogP contribution in [0.1, 0.15) is 37.4 Å². The van der Waals surface area contributed by atoms with Crippen LogP contribution >= 0.6 is 15.9 Å². The van der Waals surface area contributed by atoms with E-state index in [0.29, 0.717) is 6.42 Å². The Morgan fingerprint density at radius 1 is 1.14 bits per heavy atom. The summed E-state index contributed by atoms with van der Waals surface area (Å²) in [5.41, 5.74) is 1.99. The largest absolute Gasteiger partial charge is 0.369 e. The fraction of sp³-hybridized carbons (Fsp3) is 0.375. The monoisotopic (exact) mass is 351 g/mol. The van der Waals surface area contributed by atoms with Gasteiger partial charge in [-0.3, -0.25) is 0 Å². The third-order valence-electron chi connectivity index (χ3n) is 3.12. The number of benzene rings is 1. The van der Waals surface area contributed by atoms with Gasteiger partial charge in [-0.1, -0.05) is 26.0 Å². The number of hydrogen-bond donors (Lipinski definition) is 1. The minimum absolute atomic E-state index is 0.227. The molecule has 0 amide bonds. The van der Waals surface area contributed by atoms with E-state index >= 15 is 0 Å². The van der Waals surface area contributed by atoms with E-state index in [-0.39, 0.29) is 5.82 Å². The number of nitrogens with one attached hydrogen (secondary N) is 1. The zero-order valence-electron chi connectivity index (χ0n) is 12.3. The third-order valence-corrected chi connectivity index (χ3v) is 3.95. The van der Waals surface area contributed by atoms with Crippen molar-refractivity contribution in [3.8, 4) is 0 Å². The number of anilines is 1. The maximum Gasteiger partial charge on any atom is 0.144 e. The van der Waals surface area contributed by atoms with Crippen LogP contribution in [0.5, 0.6) is 0 Å². The lowest BCUT2D eigenvalue weighted by Crippen LogP contribution is -2.09. The average Bonchev–Trinajstić information content (AvgIpc) is 2.49. The Kier molecular flexibility index (Phi) is 5.67. The van der Waals surface area contributed by atoms with Crippen molar-refractivity contribution in [1.29, 1.82) is 0 Å². The van der Waals surface area contributed by atoms with Crippen molar-refractivity contribution in [2.75, 3.05) is 11.9 Å². The molecule has 0 atom stereocenters. The van der Waals surface area contributed by atoms with Crippen LogP contribution in [0.25, 0.3) is 0 Å². The zero-order valence-corrected chi connectivity index (χ0v) is 13.9. The SMILES string of the molecule is CCCNc1nc(Cc2ccc(F)cc2)nc(CC)c1Br. The van der Waals surface area contributed by atoms with E-state index in [0.717, 1.165) is 46.8 Å². The van der Waals surface area contributed by atoms with Crippen molar-refractivity contribution < 1.29 is 4.39 Å². The lowest BCUT2D eigenvalue weighted by molar-refractivity contribution is 0.627. The first-order chi connectivity index (χ1) is 10.1. The third kappa shape index (κ3) is 4.24. The smallest absolute Gasteiger partial charge is 0.144 e. The molecule has 1 N–H and O–H groups in total. The molecule has 1 heterocycles. The molecule has 3 nitrogen and oxygen atoms in total. The van der Waals surface area contributed by atoms with Gasteiger partial charge in [0, 0.05) is 13.0 Å². The molecule has 21 heavy (non-hydrogen) atoms. The van der Waals surface area contributed by atoms with E-state index in [1.165, 1.54) is 12.1 Å². The van der Waals surface area contributed by atoms with Crippen molar-refractivity contribution >= 4 is 21.7 Å². The zero-order chi connectivity index (χ0) is 15.2. The van der Waals surface area contributed by atoms with Gasteiger partial charge in [-0.15, -0.1) is 0 Å². The summed E-state index contributed by atoms with van der Waals surface area (Å²) < 4.78 is 13.9. The highest BCUT2D eigenvalue weighted by molar-refractivity contribution is 9.10. The molecule has 0 spiro atoms. The Bertz CT molecular complexity index is 599. The van der Waals surface area contributed by atoms with Crippen molar-refractivity contribution in [2.24, 2.45) is 0 Å². The van der Waals surface area contributed by atoms with Crippen LogP contribution in [0.3, 0.4) is 0 Å². The highest BCUT2D eigenvalue weighted by atomic mass is 79.9. The van der Waals surface area contributed by atoms with Crippen molar-refractivity contribution in [3.63, 3.8) is 0 Å². The van der Waals surface area contributed by atoms with E-state index in [4.69, 9.17) is 0 Å². The molecule has 0 bridgehead atoms. The lowest BCUT2D eigenvalue weighted by atomic mass is 10.1. The summed E-state index contributed by atoms with van der Waals surface area (Å²) in [4.78, 5) is 9.16. The second-order valence-corrected chi connectivity index (χ2v) is 5.63. The van der Waals surface area contributed by atoms with Gasteiger partial charge in [0.15, 0.2) is 0 Å². The Hall–Kier alpha value is -1.49. The molecule has 0 saturated heterocycles. The quantitative estimate of drug-likeness (QED) is 0.840. The average molecular weight is 352 g/mol. The number of halogens is 2. The number of hydrogen-bond acceptors (Lipinski definition) is 3. The Morgan fingerprint density at radius 3 is 2.48 bits per heavy atom. The van der Waals surface area contributed by atoms with Gasteiger partial charge in [-0.2, -0.15) is 0 Å². The first kappa shape index (κ1) is 15.9. The highest BCUT2D eigenvalue weighted by Gasteiger charge is 2.11. The summed E-state index contributed by atoms with van der Waals surface area (Å²) in [6, 6.07) is 6.47. The van der Waals surface area contributed by atoms with E-state index in [1.807, 2.05) is 0 Å². The summed E-state index contributed by atoms with van der Waals surface area (Å²) in [5.74, 6) is 1.36. The number of aromatic nitrogens is 2. The molecule has 2 rings (SSSR count). The van der Waals surface area contributed by atoms with Gasteiger partial charge in [-0.05, 0) is 46.5 Å². The second kappa shape index (κ2) is 7.50. The standard InChI is InChI=1S/C16H19BrFN3/c1-3-9-19-16-15(17)13(4-2)20-14(21-16)10-11-5-7-12(18)8-6-11/h5-8H,3-4,9-10H2,1-2H3,(H,19,20,21). The minimum Gasteiger partial charge on any atom is -0.369 e. The number of aryl methyl sites for hydroxylation is 1.